The van der Waals surface area contributed by atoms with Gasteiger partial charge in [-0.15, -0.1) is 0 Å². The molecular formula is C16H26N4O4. The molecule has 2 N–H and O–H groups in total. The SMILES string of the molecule is Cc1noc([C@]23CN(CCCO)CC[C@H]2CN(C(=O)CCO)C3)n1. The number of hydrogen-bond donors (Lipinski definition) is 2. The molecule has 1 aromatic heterocycles. The van der Waals surface area contributed by atoms with Crippen molar-refractivity contribution in [1.82, 2.24) is 19.9 Å². The summed E-state index contributed by atoms with van der Waals surface area (Å²) in [4.78, 5) is 20.9. The number of rotatable bonds is 6. The molecule has 8 heteroatoms. The second-order valence-corrected chi connectivity index (χ2v) is 6.89. The predicted molar refractivity (Wildman–Crippen MR) is 85.2 cm³/mol. The van der Waals surface area contributed by atoms with E-state index < -0.39 is 0 Å². The maximum atomic E-state index is 12.3. The van der Waals surface area contributed by atoms with Crippen molar-refractivity contribution in [3.63, 3.8) is 0 Å². The van der Waals surface area contributed by atoms with Gasteiger partial charge in [0.2, 0.25) is 11.8 Å². The summed E-state index contributed by atoms with van der Waals surface area (Å²) in [5.74, 6) is 1.47. The van der Waals surface area contributed by atoms with Crippen molar-refractivity contribution < 1.29 is 19.5 Å². The third kappa shape index (κ3) is 3.18. The quantitative estimate of drug-likeness (QED) is 0.724. The minimum absolute atomic E-state index is 0.0237. The lowest BCUT2D eigenvalue weighted by Crippen LogP contribution is -2.52. The largest absolute Gasteiger partial charge is 0.396 e. The number of aliphatic hydroxyl groups excluding tert-OH is 2. The van der Waals surface area contributed by atoms with Gasteiger partial charge >= 0.3 is 0 Å². The third-order valence-electron chi connectivity index (χ3n) is 5.26. The van der Waals surface area contributed by atoms with Gasteiger partial charge in [0.15, 0.2) is 5.82 Å². The van der Waals surface area contributed by atoms with Crippen LogP contribution in [0.15, 0.2) is 4.52 Å². The van der Waals surface area contributed by atoms with Crippen LogP contribution < -0.4 is 0 Å². The fourth-order valence-corrected chi connectivity index (χ4v) is 4.08. The lowest BCUT2D eigenvalue weighted by atomic mass is 9.73. The van der Waals surface area contributed by atoms with Gasteiger partial charge in [-0.3, -0.25) is 4.79 Å². The van der Waals surface area contributed by atoms with Crippen molar-refractivity contribution >= 4 is 5.91 Å². The normalized spacial score (nSPS) is 27.5. The number of carbonyl (C=O) groups is 1. The molecule has 3 heterocycles. The first kappa shape index (κ1) is 17.3. The van der Waals surface area contributed by atoms with E-state index in [1.165, 1.54) is 0 Å². The Morgan fingerprint density at radius 2 is 2.21 bits per heavy atom. The smallest absolute Gasteiger partial charge is 0.236 e. The van der Waals surface area contributed by atoms with Crippen molar-refractivity contribution in [3.05, 3.63) is 11.7 Å². The van der Waals surface area contributed by atoms with E-state index in [1.807, 2.05) is 4.90 Å². The first-order chi connectivity index (χ1) is 11.6. The van der Waals surface area contributed by atoms with Crippen LogP contribution in [0.25, 0.3) is 0 Å². The summed E-state index contributed by atoms with van der Waals surface area (Å²) < 4.78 is 5.52. The maximum absolute atomic E-state index is 12.3. The Labute approximate surface area is 141 Å². The first-order valence-electron chi connectivity index (χ1n) is 8.61. The number of aryl methyl sites for hydroxylation is 1. The fraction of sp³-hybridized carbons (Fsp3) is 0.812. The molecule has 0 aliphatic carbocycles. The van der Waals surface area contributed by atoms with E-state index in [9.17, 15) is 4.79 Å². The predicted octanol–water partition coefficient (Wildman–Crippen LogP) is -0.455. The van der Waals surface area contributed by atoms with E-state index in [0.29, 0.717) is 24.8 Å². The zero-order valence-corrected chi connectivity index (χ0v) is 14.1. The van der Waals surface area contributed by atoms with Gasteiger partial charge < -0.3 is 24.5 Å². The highest BCUT2D eigenvalue weighted by Crippen LogP contribution is 2.44. The van der Waals surface area contributed by atoms with Gasteiger partial charge in [0.05, 0.1) is 12.0 Å². The summed E-state index contributed by atoms with van der Waals surface area (Å²) in [7, 11) is 0. The number of amides is 1. The summed E-state index contributed by atoms with van der Waals surface area (Å²) in [6, 6.07) is 0. The fourth-order valence-electron chi connectivity index (χ4n) is 4.08. The second kappa shape index (κ2) is 7.16. The van der Waals surface area contributed by atoms with Gasteiger partial charge in [-0.05, 0) is 32.2 Å². The van der Waals surface area contributed by atoms with Crippen LogP contribution in [-0.2, 0) is 10.2 Å². The molecule has 2 saturated heterocycles. The summed E-state index contributed by atoms with van der Waals surface area (Å²) >= 11 is 0. The second-order valence-electron chi connectivity index (χ2n) is 6.89. The molecule has 0 saturated carbocycles. The Bertz CT molecular complexity index is 578. The van der Waals surface area contributed by atoms with E-state index in [0.717, 1.165) is 32.5 Å². The molecular weight excluding hydrogens is 312 g/mol. The molecule has 2 aliphatic heterocycles. The molecule has 2 atom stereocenters. The molecule has 24 heavy (non-hydrogen) atoms. The number of aromatic nitrogens is 2. The van der Waals surface area contributed by atoms with Crippen LogP contribution in [0.3, 0.4) is 0 Å². The van der Waals surface area contributed by atoms with Crippen LogP contribution in [0, 0.1) is 12.8 Å². The minimum Gasteiger partial charge on any atom is -0.396 e. The van der Waals surface area contributed by atoms with E-state index >= 15 is 0 Å². The van der Waals surface area contributed by atoms with Crippen molar-refractivity contribution in [1.29, 1.82) is 0 Å². The Hall–Kier alpha value is -1.51. The monoisotopic (exact) mass is 338 g/mol. The van der Waals surface area contributed by atoms with Crippen LogP contribution in [0.4, 0.5) is 0 Å². The Kier molecular flexibility index (Phi) is 5.17. The molecule has 0 radical (unpaired) electrons. The van der Waals surface area contributed by atoms with Gasteiger partial charge in [0, 0.05) is 39.2 Å². The van der Waals surface area contributed by atoms with E-state index in [1.54, 1.807) is 6.92 Å². The zero-order chi connectivity index (χ0) is 17.2. The zero-order valence-electron chi connectivity index (χ0n) is 14.1. The van der Waals surface area contributed by atoms with Crippen molar-refractivity contribution in [2.24, 2.45) is 5.92 Å². The highest BCUT2D eigenvalue weighted by atomic mass is 16.5. The average molecular weight is 338 g/mol. The molecule has 0 bridgehead atoms. The standard InChI is InChI=1S/C16H26N4O4/c1-12-17-15(24-18-12)16-10-19(5-2-7-21)6-3-13(16)9-20(11-16)14(23)4-8-22/h13,21-22H,2-11H2,1H3/t13-,16-/m0/s1. The number of likely N-dealkylation sites (tertiary alicyclic amines) is 2. The average Bonchev–Trinajstić information content (AvgIpc) is 3.17. The van der Waals surface area contributed by atoms with Crippen molar-refractivity contribution in [2.75, 3.05) is 45.9 Å². The highest BCUT2D eigenvalue weighted by molar-refractivity contribution is 5.77. The molecule has 1 amide bonds. The first-order valence-corrected chi connectivity index (χ1v) is 8.61. The van der Waals surface area contributed by atoms with E-state index in [2.05, 4.69) is 15.0 Å². The number of hydrogen-bond acceptors (Lipinski definition) is 7. The molecule has 0 unspecified atom stereocenters. The Morgan fingerprint density at radius 3 is 2.88 bits per heavy atom. The van der Waals surface area contributed by atoms with E-state index in [4.69, 9.17) is 14.7 Å². The van der Waals surface area contributed by atoms with E-state index in [-0.39, 0.29) is 36.9 Å². The minimum atomic E-state index is -0.347. The van der Waals surface area contributed by atoms with Crippen LogP contribution >= 0.6 is 0 Å². The van der Waals surface area contributed by atoms with Crippen LogP contribution in [0.5, 0.6) is 0 Å². The summed E-state index contributed by atoms with van der Waals surface area (Å²) in [5, 5.41) is 22.1. The summed E-state index contributed by atoms with van der Waals surface area (Å²) in [6.07, 6.45) is 1.84. The number of fused-ring (bicyclic) bond motifs is 1. The van der Waals surface area contributed by atoms with Gasteiger partial charge in [-0.2, -0.15) is 4.98 Å². The molecule has 134 valence electrons. The number of aliphatic hydroxyl groups is 2. The molecule has 2 fully saturated rings. The lowest BCUT2D eigenvalue weighted by molar-refractivity contribution is -0.131. The maximum Gasteiger partial charge on any atom is 0.236 e. The third-order valence-corrected chi connectivity index (χ3v) is 5.26. The summed E-state index contributed by atoms with van der Waals surface area (Å²) in [5.41, 5.74) is -0.347. The van der Waals surface area contributed by atoms with Crippen molar-refractivity contribution in [3.8, 4) is 0 Å². The van der Waals surface area contributed by atoms with Crippen LogP contribution in [0.1, 0.15) is 31.0 Å². The highest BCUT2D eigenvalue weighted by Gasteiger charge is 2.55. The molecule has 8 nitrogen and oxygen atoms in total. The Morgan fingerprint density at radius 1 is 1.38 bits per heavy atom. The van der Waals surface area contributed by atoms with Gasteiger partial charge in [-0.1, -0.05) is 5.16 Å². The molecule has 2 aliphatic rings. The van der Waals surface area contributed by atoms with Gasteiger partial charge in [-0.25, -0.2) is 0 Å². The topological polar surface area (TPSA) is 103 Å². The molecule has 0 spiro atoms. The Balaban J connectivity index is 1.85. The van der Waals surface area contributed by atoms with Gasteiger partial charge in [0.25, 0.3) is 0 Å². The number of nitrogens with zero attached hydrogens (tertiary/aromatic N) is 4. The van der Waals surface area contributed by atoms with Crippen LogP contribution in [-0.4, -0.2) is 82.0 Å². The van der Waals surface area contributed by atoms with Crippen molar-refractivity contribution in [2.45, 2.75) is 31.6 Å². The number of piperidine rings is 1. The molecule has 3 rings (SSSR count). The number of carbonyl (C=O) groups excluding carboxylic acids is 1. The molecule has 0 aromatic carbocycles. The van der Waals surface area contributed by atoms with Crippen LogP contribution in [0.2, 0.25) is 0 Å². The molecule has 1 aromatic rings. The summed E-state index contributed by atoms with van der Waals surface area (Å²) in [6.45, 7) is 5.59. The van der Waals surface area contributed by atoms with Gasteiger partial charge in [0.1, 0.15) is 0 Å². The lowest BCUT2D eigenvalue weighted by Gasteiger charge is -2.41.